The summed E-state index contributed by atoms with van der Waals surface area (Å²) in [7, 11) is 0. The van der Waals surface area contributed by atoms with E-state index < -0.39 is 23.5 Å². The number of urea groups is 1. The predicted octanol–water partition coefficient (Wildman–Crippen LogP) is 5.18. The first kappa shape index (κ1) is 19.3. The molecule has 4 aromatic rings. The van der Waals surface area contributed by atoms with Crippen molar-refractivity contribution in [3.63, 3.8) is 0 Å². The lowest BCUT2D eigenvalue weighted by Crippen LogP contribution is -2.20. The largest absolute Gasteiger partial charge is 0.382 e. The van der Waals surface area contributed by atoms with E-state index in [2.05, 4.69) is 20.8 Å². The number of aryl methyl sites for hydroxylation is 1. The second-order valence-electron chi connectivity index (χ2n) is 6.71. The summed E-state index contributed by atoms with van der Waals surface area (Å²) in [5.41, 5.74) is 7.46. The highest BCUT2D eigenvalue weighted by atomic mass is 19.1. The van der Waals surface area contributed by atoms with Crippen LogP contribution in [0, 0.1) is 24.4 Å². The Labute approximate surface area is 168 Å². The lowest BCUT2D eigenvalue weighted by molar-refractivity contribution is 0.262. The molecule has 0 fully saturated rings. The van der Waals surface area contributed by atoms with Crippen molar-refractivity contribution in [3.8, 4) is 11.1 Å². The fourth-order valence-corrected chi connectivity index (χ4v) is 3.16. The van der Waals surface area contributed by atoms with Crippen LogP contribution in [0.25, 0.3) is 22.0 Å². The molecule has 0 atom stereocenters. The minimum absolute atomic E-state index is 0.0198. The van der Waals surface area contributed by atoms with Crippen molar-refractivity contribution < 1.29 is 18.0 Å². The molecule has 4 rings (SSSR count). The van der Waals surface area contributed by atoms with Gasteiger partial charge in [-0.25, -0.2) is 18.0 Å². The van der Waals surface area contributed by atoms with Gasteiger partial charge in [0.1, 0.15) is 23.0 Å². The molecule has 0 aliphatic heterocycles. The maximum Gasteiger partial charge on any atom is 0.323 e. The first-order valence-corrected chi connectivity index (χ1v) is 8.89. The van der Waals surface area contributed by atoms with Crippen LogP contribution in [-0.4, -0.2) is 16.2 Å². The second kappa shape index (κ2) is 7.43. The first-order valence-electron chi connectivity index (χ1n) is 8.89. The monoisotopic (exact) mass is 411 g/mol. The summed E-state index contributed by atoms with van der Waals surface area (Å²) in [5.74, 6) is -1.78. The number of nitrogens with zero attached hydrogens (tertiary/aromatic N) is 1. The number of hydrogen-bond acceptors (Lipinski definition) is 3. The van der Waals surface area contributed by atoms with Gasteiger partial charge in [0, 0.05) is 0 Å². The molecule has 1 aromatic heterocycles. The Morgan fingerprint density at radius 1 is 0.933 bits per heavy atom. The first-order chi connectivity index (χ1) is 14.3. The molecular formula is C21H16F3N5O. The molecule has 0 spiro atoms. The minimum atomic E-state index is -0.797. The van der Waals surface area contributed by atoms with Crippen molar-refractivity contribution >= 4 is 34.1 Å². The Morgan fingerprint density at radius 2 is 1.67 bits per heavy atom. The summed E-state index contributed by atoms with van der Waals surface area (Å²) in [6, 6.07) is 10.2. The Hall–Kier alpha value is -4.01. The standard InChI is InChI=1S/C21H16F3N5O/c1-10-2-5-13(22)17(8-10)27-21(30)26-16-7-3-11(9-15(16)24)12-4-6-14(23)19-18(12)20(25)29-28-19/h2-9H,1H3,(H3,25,28,29)(H2,26,27,30). The number of nitrogens with two attached hydrogens (primary N) is 1. The van der Waals surface area contributed by atoms with Gasteiger partial charge >= 0.3 is 6.03 Å². The number of fused-ring (bicyclic) bond motifs is 1. The highest BCUT2D eigenvalue weighted by Gasteiger charge is 2.16. The van der Waals surface area contributed by atoms with Crippen LogP contribution in [0.15, 0.2) is 48.5 Å². The fraction of sp³-hybridized carbons (Fsp3) is 0.0476. The van der Waals surface area contributed by atoms with E-state index in [1.165, 1.54) is 36.4 Å². The van der Waals surface area contributed by atoms with E-state index in [1.54, 1.807) is 19.1 Å². The van der Waals surface area contributed by atoms with E-state index >= 15 is 0 Å². The van der Waals surface area contributed by atoms with Crippen molar-refractivity contribution in [2.45, 2.75) is 6.92 Å². The molecule has 9 heteroatoms. The predicted molar refractivity (Wildman–Crippen MR) is 110 cm³/mol. The number of aromatic nitrogens is 2. The van der Waals surface area contributed by atoms with E-state index in [1.807, 2.05) is 0 Å². The highest BCUT2D eigenvalue weighted by Crippen LogP contribution is 2.34. The zero-order valence-corrected chi connectivity index (χ0v) is 15.7. The molecule has 0 saturated heterocycles. The van der Waals surface area contributed by atoms with Gasteiger partial charge in [0.2, 0.25) is 0 Å². The third-order valence-electron chi connectivity index (χ3n) is 4.60. The molecule has 1 heterocycles. The summed E-state index contributed by atoms with van der Waals surface area (Å²) in [4.78, 5) is 12.1. The number of anilines is 3. The number of halogens is 3. The fourth-order valence-electron chi connectivity index (χ4n) is 3.16. The molecule has 3 aromatic carbocycles. The van der Waals surface area contributed by atoms with Crippen molar-refractivity contribution in [1.29, 1.82) is 0 Å². The average Bonchev–Trinajstić information content (AvgIpc) is 3.09. The van der Waals surface area contributed by atoms with Gasteiger partial charge in [0.05, 0.1) is 16.8 Å². The Kier molecular flexibility index (Phi) is 4.78. The van der Waals surface area contributed by atoms with Gasteiger partial charge in [-0.05, 0) is 53.9 Å². The smallest absolute Gasteiger partial charge is 0.323 e. The zero-order valence-electron chi connectivity index (χ0n) is 15.7. The number of aromatic amines is 1. The summed E-state index contributed by atoms with van der Waals surface area (Å²) in [5, 5.41) is 11.3. The molecule has 0 aliphatic carbocycles. The number of nitrogens with one attached hydrogen (secondary N) is 3. The van der Waals surface area contributed by atoms with Gasteiger partial charge in [0.25, 0.3) is 0 Å². The van der Waals surface area contributed by atoms with Crippen molar-refractivity contribution in [2.24, 2.45) is 0 Å². The quantitative estimate of drug-likeness (QED) is 0.374. The number of H-pyrrole nitrogens is 1. The minimum Gasteiger partial charge on any atom is -0.382 e. The van der Waals surface area contributed by atoms with Gasteiger partial charge in [0.15, 0.2) is 5.82 Å². The van der Waals surface area contributed by atoms with Crippen LogP contribution in [0.4, 0.5) is 35.2 Å². The molecule has 2 amide bonds. The molecular weight excluding hydrogens is 395 g/mol. The highest BCUT2D eigenvalue weighted by molar-refractivity contribution is 6.03. The third-order valence-corrected chi connectivity index (χ3v) is 4.60. The topological polar surface area (TPSA) is 95.8 Å². The molecule has 0 aliphatic rings. The Morgan fingerprint density at radius 3 is 2.43 bits per heavy atom. The average molecular weight is 411 g/mol. The van der Waals surface area contributed by atoms with Crippen LogP contribution in [0.1, 0.15) is 5.56 Å². The third kappa shape index (κ3) is 3.52. The van der Waals surface area contributed by atoms with Gasteiger partial charge in [-0.2, -0.15) is 5.10 Å². The van der Waals surface area contributed by atoms with Crippen molar-refractivity contribution in [3.05, 3.63) is 71.5 Å². The number of benzene rings is 3. The van der Waals surface area contributed by atoms with E-state index in [-0.39, 0.29) is 22.7 Å². The van der Waals surface area contributed by atoms with Crippen LogP contribution >= 0.6 is 0 Å². The molecule has 6 nitrogen and oxygen atoms in total. The Balaban J connectivity index is 1.60. The Bertz CT molecular complexity index is 1290. The second-order valence-corrected chi connectivity index (χ2v) is 6.71. The number of rotatable bonds is 3. The molecule has 0 bridgehead atoms. The van der Waals surface area contributed by atoms with Gasteiger partial charge in [-0.3, -0.25) is 5.10 Å². The van der Waals surface area contributed by atoms with E-state index in [4.69, 9.17) is 5.73 Å². The van der Waals surface area contributed by atoms with Crippen LogP contribution in [0.3, 0.4) is 0 Å². The summed E-state index contributed by atoms with van der Waals surface area (Å²) in [6.45, 7) is 1.75. The molecule has 5 N–H and O–H groups in total. The van der Waals surface area contributed by atoms with E-state index in [0.717, 1.165) is 5.56 Å². The number of hydrogen-bond donors (Lipinski definition) is 4. The van der Waals surface area contributed by atoms with Crippen LogP contribution < -0.4 is 16.4 Å². The maximum atomic E-state index is 14.6. The number of carbonyl (C=O) groups excluding carboxylic acids is 1. The molecule has 0 saturated carbocycles. The summed E-state index contributed by atoms with van der Waals surface area (Å²) in [6.07, 6.45) is 0. The summed E-state index contributed by atoms with van der Waals surface area (Å²) < 4.78 is 42.4. The lowest BCUT2D eigenvalue weighted by Gasteiger charge is -2.11. The molecule has 0 radical (unpaired) electrons. The van der Waals surface area contributed by atoms with Gasteiger partial charge < -0.3 is 16.4 Å². The van der Waals surface area contributed by atoms with Crippen molar-refractivity contribution in [2.75, 3.05) is 16.4 Å². The molecule has 0 unspecified atom stereocenters. The van der Waals surface area contributed by atoms with Gasteiger partial charge in [-0.1, -0.05) is 18.2 Å². The summed E-state index contributed by atoms with van der Waals surface area (Å²) >= 11 is 0. The lowest BCUT2D eigenvalue weighted by atomic mass is 10.0. The molecule has 30 heavy (non-hydrogen) atoms. The number of amides is 2. The maximum absolute atomic E-state index is 14.6. The normalized spacial score (nSPS) is 10.9. The van der Waals surface area contributed by atoms with E-state index in [0.29, 0.717) is 16.5 Å². The van der Waals surface area contributed by atoms with Crippen LogP contribution in [0.5, 0.6) is 0 Å². The molecule has 152 valence electrons. The van der Waals surface area contributed by atoms with Crippen LogP contribution in [-0.2, 0) is 0 Å². The SMILES string of the molecule is Cc1ccc(F)c(NC(=O)Nc2ccc(-c3ccc(F)c4[nH]nc(N)c34)cc2F)c1. The van der Waals surface area contributed by atoms with E-state index in [9.17, 15) is 18.0 Å². The number of nitrogen functional groups attached to an aromatic ring is 1. The van der Waals surface area contributed by atoms with Gasteiger partial charge in [-0.15, -0.1) is 0 Å². The number of carbonyl (C=O) groups is 1. The van der Waals surface area contributed by atoms with Crippen molar-refractivity contribution in [1.82, 2.24) is 10.2 Å². The zero-order chi connectivity index (χ0) is 21.4. The van der Waals surface area contributed by atoms with Crippen LogP contribution in [0.2, 0.25) is 0 Å².